The maximum atomic E-state index is 10.5. The molecule has 2 aromatic rings. The predicted molar refractivity (Wildman–Crippen MR) is 74.4 cm³/mol. The van der Waals surface area contributed by atoms with Crippen LogP contribution >= 0.6 is 11.6 Å². The minimum absolute atomic E-state index is 0.0167. The second-order valence-corrected chi connectivity index (χ2v) is 4.46. The molecule has 98 valence electrons. The van der Waals surface area contributed by atoms with E-state index in [1.807, 2.05) is 31.2 Å². The molecule has 5 nitrogen and oxygen atoms in total. The first kappa shape index (κ1) is 13.3. The van der Waals surface area contributed by atoms with Crippen molar-refractivity contribution >= 4 is 23.1 Å². The molecule has 0 spiro atoms. The molecule has 0 bridgehead atoms. The summed E-state index contributed by atoms with van der Waals surface area (Å²) in [6, 6.07) is 10.5. The number of rotatable bonds is 4. The first-order chi connectivity index (χ1) is 9.08. The van der Waals surface area contributed by atoms with E-state index in [0.29, 0.717) is 10.7 Å². The molecule has 1 aromatic heterocycles. The fraction of sp³-hybridized carbons (Fsp3) is 0.154. The first-order valence-corrected chi connectivity index (χ1v) is 6.07. The van der Waals surface area contributed by atoms with Gasteiger partial charge in [-0.2, -0.15) is 0 Å². The minimum Gasteiger partial charge on any atom is -0.375 e. The lowest BCUT2D eigenvalue weighted by Crippen LogP contribution is -2.07. The Bertz CT molecular complexity index is 587. The summed E-state index contributed by atoms with van der Waals surface area (Å²) >= 11 is 6.11. The molecular formula is C13H12ClN3O2. The highest BCUT2D eigenvalue weighted by Gasteiger charge is 2.11. The Balaban J connectivity index is 2.13. The highest BCUT2D eigenvalue weighted by molar-refractivity contribution is 6.31. The third-order valence-corrected chi connectivity index (χ3v) is 3.03. The number of nitro groups is 1. The van der Waals surface area contributed by atoms with E-state index in [0.717, 1.165) is 5.56 Å². The predicted octanol–water partition coefficient (Wildman–Crippen LogP) is 3.82. The molecule has 2 rings (SSSR count). The van der Waals surface area contributed by atoms with Crippen molar-refractivity contribution in [2.24, 2.45) is 0 Å². The maximum absolute atomic E-state index is 10.5. The Morgan fingerprint density at radius 2 is 2.05 bits per heavy atom. The van der Waals surface area contributed by atoms with Gasteiger partial charge in [0.15, 0.2) is 6.20 Å². The third-order valence-electron chi connectivity index (χ3n) is 2.69. The molecule has 0 fully saturated rings. The second-order valence-electron chi connectivity index (χ2n) is 4.05. The zero-order chi connectivity index (χ0) is 13.8. The molecule has 0 unspecified atom stereocenters. The van der Waals surface area contributed by atoms with Crippen LogP contribution in [0.15, 0.2) is 42.6 Å². The third kappa shape index (κ3) is 3.20. The molecule has 19 heavy (non-hydrogen) atoms. The van der Waals surface area contributed by atoms with E-state index in [-0.39, 0.29) is 11.9 Å². The normalized spacial score (nSPS) is 11.9. The van der Waals surface area contributed by atoms with Crippen molar-refractivity contribution in [1.29, 1.82) is 0 Å². The van der Waals surface area contributed by atoms with Gasteiger partial charge in [0.2, 0.25) is 0 Å². The van der Waals surface area contributed by atoms with Crippen molar-refractivity contribution in [1.82, 2.24) is 4.98 Å². The van der Waals surface area contributed by atoms with Crippen LogP contribution in [0.25, 0.3) is 0 Å². The van der Waals surface area contributed by atoms with Crippen molar-refractivity contribution in [3.05, 3.63) is 63.3 Å². The van der Waals surface area contributed by atoms with Gasteiger partial charge in [-0.3, -0.25) is 0 Å². The topological polar surface area (TPSA) is 68.1 Å². The van der Waals surface area contributed by atoms with Gasteiger partial charge in [-0.25, -0.2) is 0 Å². The molecule has 1 atom stereocenters. The number of halogens is 1. The number of nitrogens with one attached hydrogen (secondary N) is 1. The lowest BCUT2D eigenvalue weighted by atomic mass is 10.1. The van der Waals surface area contributed by atoms with Gasteiger partial charge in [0.25, 0.3) is 0 Å². The van der Waals surface area contributed by atoms with Gasteiger partial charge < -0.3 is 15.4 Å². The van der Waals surface area contributed by atoms with Crippen LogP contribution in [0, 0.1) is 10.1 Å². The Hall–Kier alpha value is -2.14. The average molecular weight is 278 g/mol. The van der Waals surface area contributed by atoms with Gasteiger partial charge in [0.05, 0.1) is 11.7 Å². The number of pyridine rings is 1. The van der Waals surface area contributed by atoms with Crippen LogP contribution in [0.5, 0.6) is 0 Å². The molecule has 0 saturated carbocycles. The van der Waals surface area contributed by atoms with Crippen molar-refractivity contribution in [3.63, 3.8) is 0 Å². The van der Waals surface area contributed by atoms with E-state index in [1.165, 1.54) is 12.3 Å². The lowest BCUT2D eigenvalue weighted by molar-refractivity contribution is -0.389. The van der Waals surface area contributed by atoms with Crippen LogP contribution < -0.4 is 5.32 Å². The Labute approximate surface area is 115 Å². The Morgan fingerprint density at radius 3 is 2.63 bits per heavy atom. The van der Waals surface area contributed by atoms with Crippen molar-refractivity contribution in [2.75, 3.05) is 5.32 Å². The summed E-state index contributed by atoms with van der Waals surface area (Å²) in [4.78, 5) is 13.7. The summed E-state index contributed by atoms with van der Waals surface area (Å²) < 4.78 is 0. The smallest absolute Gasteiger partial charge is 0.363 e. The fourth-order valence-corrected chi connectivity index (χ4v) is 2.03. The first-order valence-electron chi connectivity index (χ1n) is 5.69. The van der Waals surface area contributed by atoms with E-state index < -0.39 is 4.92 Å². The second kappa shape index (κ2) is 5.67. The zero-order valence-corrected chi connectivity index (χ0v) is 11.0. The number of aromatic nitrogens is 1. The molecular weight excluding hydrogens is 266 g/mol. The van der Waals surface area contributed by atoms with Crippen LogP contribution in [0.3, 0.4) is 0 Å². The molecule has 6 heteroatoms. The van der Waals surface area contributed by atoms with E-state index in [4.69, 9.17) is 11.6 Å². The lowest BCUT2D eigenvalue weighted by Gasteiger charge is -2.15. The molecule has 1 aromatic carbocycles. The highest BCUT2D eigenvalue weighted by atomic mass is 35.5. The molecule has 0 amide bonds. The standard InChI is InChI=1S/C13H12ClN3O2/c1-9(11-4-2-3-5-12(11)14)16-10-6-7-13(15-8-10)17(18)19/h2-9,16H,1H3/t9-/m1/s1. The van der Waals surface area contributed by atoms with Gasteiger partial charge in [-0.15, -0.1) is 0 Å². The van der Waals surface area contributed by atoms with Gasteiger partial charge >= 0.3 is 5.82 Å². The van der Waals surface area contributed by atoms with E-state index >= 15 is 0 Å². The highest BCUT2D eigenvalue weighted by Crippen LogP contribution is 2.25. The van der Waals surface area contributed by atoms with Gasteiger partial charge in [0, 0.05) is 11.1 Å². The molecule has 0 saturated heterocycles. The summed E-state index contributed by atoms with van der Waals surface area (Å²) in [5.74, 6) is -0.170. The molecule has 0 aliphatic rings. The average Bonchev–Trinajstić information content (AvgIpc) is 2.39. The number of hydrogen-bond acceptors (Lipinski definition) is 4. The van der Waals surface area contributed by atoms with Crippen LogP contribution in [0.2, 0.25) is 5.02 Å². The number of hydrogen-bond donors (Lipinski definition) is 1. The van der Waals surface area contributed by atoms with E-state index in [2.05, 4.69) is 10.3 Å². The molecule has 0 aliphatic carbocycles. The van der Waals surface area contributed by atoms with Crippen molar-refractivity contribution in [3.8, 4) is 0 Å². The summed E-state index contributed by atoms with van der Waals surface area (Å²) in [6.45, 7) is 1.96. The molecule has 1 N–H and O–H groups in total. The quantitative estimate of drug-likeness (QED) is 0.681. The number of benzene rings is 1. The molecule has 0 radical (unpaired) electrons. The summed E-state index contributed by atoms with van der Waals surface area (Å²) in [6.07, 6.45) is 1.44. The largest absolute Gasteiger partial charge is 0.375 e. The summed E-state index contributed by atoms with van der Waals surface area (Å²) in [7, 11) is 0. The summed E-state index contributed by atoms with van der Waals surface area (Å²) in [5, 5.41) is 14.4. The SMILES string of the molecule is C[C@@H](Nc1ccc([N+](=O)[O-])nc1)c1ccccc1Cl. The van der Waals surface area contributed by atoms with Crippen molar-refractivity contribution in [2.45, 2.75) is 13.0 Å². The fourth-order valence-electron chi connectivity index (χ4n) is 1.73. The van der Waals surface area contributed by atoms with Crippen LogP contribution in [-0.2, 0) is 0 Å². The van der Waals surface area contributed by atoms with Gasteiger partial charge in [-0.05, 0) is 34.5 Å². The van der Waals surface area contributed by atoms with Gasteiger partial charge in [0.1, 0.15) is 0 Å². The van der Waals surface area contributed by atoms with E-state index in [1.54, 1.807) is 6.07 Å². The summed E-state index contributed by atoms with van der Waals surface area (Å²) in [5.41, 5.74) is 1.67. The zero-order valence-electron chi connectivity index (χ0n) is 10.2. The Morgan fingerprint density at radius 1 is 1.32 bits per heavy atom. The minimum atomic E-state index is -0.527. The monoisotopic (exact) mass is 277 g/mol. The van der Waals surface area contributed by atoms with Crippen LogP contribution in [0.1, 0.15) is 18.5 Å². The van der Waals surface area contributed by atoms with E-state index in [9.17, 15) is 10.1 Å². The number of nitrogens with zero attached hydrogens (tertiary/aromatic N) is 2. The number of anilines is 1. The van der Waals surface area contributed by atoms with Crippen LogP contribution in [0.4, 0.5) is 11.5 Å². The molecule has 0 aliphatic heterocycles. The molecule has 1 heterocycles. The Kier molecular flexibility index (Phi) is 3.97. The van der Waals surface area contributed by atoms with Crippen molar-refractivity contribution < 1.29 is 4.92 Å². The maximum Gasteiger partial charge on any atom is 0.363 e. The van der Waals surface area contributed by atoms with Crippen LogP contribution in [-0.4, -0.2) is 9.91 Å². The van der Waals surface area contributed by atoms with Gasteiger partial charge in [-0.1, -0.05) is 29.8 Å².